The van der Waals surface area contributed by atoms with Crippen molar-refractivity contribution in [1.29, 1.82) is 0 Å². The highest BCUT2D eigenvalue weighted by atomic mass is 32.1. The summed E-state index contributed by atoms with van der Waals surface area (Å²) in [4.78, 5) is 17.0. The van der Waals surface area contributed by atoms with Crippen molar-refractivity contribution in [3.8, 4) is 0 Å². The Morgan fingerprint density at radius 1 is 1.32 bits per heavy atom. The maximum absolute atomic E-state index is 12.5. The summed E-state index contributed by atoms with van der Waals surface area (Å²) in [6.45, 7) is 1.79. The van der Waals surface area contributed by atoms with Gasteiger partial charge in [-0.2, -0.15) is 0 Å². The van der Waals surface area contributed by atoms with Gasteiger partial charge in [-0.15, -0.1) is 11.3 Å². The standard InChI is InChI=1S/C15H22N2OS/c1-16-12-6-8-17(9-7-12)15(18)14-10-11-4-2-3-5-13(11)19-14/h10,12,16H,2-9H2,1H3. The van der Waals surface area contributed by atoms with Crippen LogP contribution in [0.2, 0.25) is 0 Å². The van der Waals surface area contributed by atoms with Crippen LogP contribution in [0.3, 0.4) is 0 Å². The van der Waals surface area contributed by atoms with Crippen LogP contribution in [-0.2, 0) is 12.8 Å². The van der Waals surface area contributed by atoms with Crippen LogP contribution in [0.1, 0.15) is 45.8 Å². The molecule has 2 heterocycles. The van der Waals surface area contributed by atoms with Gasteiger partial charge in [0.1, 0.15) is 0 Å². The van der Waals surface area contributed by atoms with Gasteiger partial charge in [0, 0.05) is 24.0 Å². The van der Waals surface area contributed by atoms with Gasteiger partial charge in [-0.1, -0.05) is 0 Å². The van der Waals surface area contributed by atoms with E-state index in [1.165, 1.54) is 36.1 Å². The van der Waals surface area contributed by atoms with Crippen LogP contribution in [0, 0.1) is 0 Å². The zero-order valence-electron chi connectivity index (χ0n) is 11.6. The molecule has 0 atom stereocenters. The molecule has 1 aromatic heterocycles. The number of likely N-dealkylation sites (tertiary alicyclic amines) is 1. The van der Waals surface area contributed by atoms with Gasteiger partial charge in [0.2, 0.25) is 0 Å². The minimum Gasteiger partial charge on any atom is -0.338 e. The quantitative estimate of drug-likeness (QED) is 0.901. The molecule has 0 unspecified atom stereocenters. The second-order valence-electron chi connectivity index (χ2n) is 5.62. The fourth-order valence-corrected chi connectivity index (χ4v) is 4.34. The summed E-state index contributed by atoms with van der Waals surface area (Å²) < 4.78 is 0. The highest BCUT2D eigenvalue weighted by Gasteiger charge is 2.25. The first-order chi connectivity index (χ1) is 9.28. The molecule has 3 nitrogen and oxygen atoms in total. The number of amides is 1. The maximum atomic E-state index is 12.5. The number of carbonyl (C=O) groups excluding carboxylic acids is 1. The van der Waals surface area contributed by atoms with Gasteiger partial charge in [0.25, 0.3) is 5.91 Å². The Balaban J connectivity index is 1.68. The summed E-state index contributed by atoms with van der Waals surface area (Å²) >= 11 is 1.74. The number of carbonyl (C=O) groups is 1. The van der Waals surface area contributed by atoms with E-state index in [4.69, 9.17) is 0 Å². The lowest BCUT2D eigenvalue weighted by molar-refractivity contribution is 0.0712. The molecule has 0 saturated carbocycles. The molecule has 0 bridgehead atoms. The van der Waals surface area contributed by atoms with Crippen molar-refractivity contribution in [2.45, 2.75) is 44.6 Å². The molecular formula is C15H22N2OS. The van der Waals surface area contributed by atoms with Gasteiger partial charge in [0.05, 0.1) is 4.88 Å². The van der Waals surface area contributed by atoms with Crippen molar-refractivity contribution in [3.05, 3.63) is 21.4 Å². The van der Waals surface area contributed by atoms with E-state index in [2.05, 4.69) is 11.4 Å². The van der Waals surface area contributed by atoms with E-state index in [9.17, 15) is 4.79 Å². The number of nitrogens with zero attached hydrogens (tertiary/aromatic N) is 1. The smallest absolute Gasteiger partial charge is 0.263 e. The van der Waals surface area contributed by atoms with E-state index in [-0.39, 0.29) is 5.91 Å². The minimum atomic E-state index is 0.258. The third kappa shape index (κ3) is 2.70. The third-order valence-electron chi connectivity index (χ3n) is 4.40. The van der Waals surface area contributed by atoms with E-state index in [0.29, 0.717) is 6.04 Å². The Bertz CT molecular complexity index is 437. The Kier molecular flexibility index (Phi) is 3.89. The molecule has 0 radical (unpaired) electrons. The second kappa shape index (κ2) is 5.63. The van der Waals surface area contributed by atoms with E-state index in [1.807, 2.05) is 11.9 Å². The molecule has 104 valence electrons. The monoisotopic (exact) mass is 278 g/mol. The first-order valence-electron chi connectivity index (χ1n) is 7.36. The molecule has 19 heavy (non-hydrogen) atoms. The summed E-state index contributed by atoms with van der Waals surface area (Å²) in [5.41, 5.74) is 1.43. The molecule has 3 rings (SSSR count). The fraction of sp³-hybridized carbons (Fsp3) is 0.667. The van der Waals surface area contributed by atoms with Crippen molar-refractivity contribution in [2.24, 2.45) is 0 Å². The van der Waals surface area contributed by atoms with E-state index < -0.39 is 0 Å². The van der Waals surface area contributed by atoms with Gasteiger partial charge in [0.15, 0.2) is 0 Å². The maximum Gasteiger partial charge on any atom is 0.263 e. The van der Waals surface area contributed by atoms with Crippen molar-refractivity contribution in [3.63, 3.8) is 0 Å². The van der Waals surface area contributed by atoms with Crippen molar-refractivity contribution < 1.29 is 4.79 Å². The number of nitrogens with one attached hydrogen (secondary N) is 1. The average Bonchev–Trinajstić information content (AvgIpc) is 2.90. The second-order valence-corrected chi connectivity index (χ2v) is 6.76. The van der Waals surface area contributed by atoms with Crippen LogP contribution < -0.4 is 5.32 Å². The summed E-state index contributed by atoms with van der Waals surface area (Å²) in [7, 11) is 2.01. The number of piperidine rings is 1. The lowest BCUT2D eigenvalue weighted by atomic mass is 9.99. The predicted octanol–water partition coefficient (Wildman–Crippen LogP) is 2.45. The lowest BCUT2D eigenvalue weighted by Gasteiger charge is -2.31. The third-order valence-corrected chi connectivity index (χ3v) is 5.62. The number of aryl methyl sites for hydroxylation is 2. The largest absolute Gasteiger partial charge is 0.338 e. The molecule has 4 heteroatoms. The van der Waals surface area contributed by atoms with Gasteiger partial charge >= 0.3 is 0 Å². The first kappa shape index (κ1) is 13.1. The minimum absolute atomic E-state index is 0.258. The number of rotatable bonds is 2. The van der Waals surface area contributed by atoms with Crippen molar-refractivity contribution >= 4 is 17.2 Å². The molecule has 0 spiro atoms. The van der Waals surface area contributed by atoms with Crippen LogP contribution in [-0.4, -0.2) is 37.0 Å². The molecule has 1 aliphatic carbocycles. The van der Waals surface area contributed by atoms with Crippen molar-refractivity contribution in [1.82, 2.24) is 10.2 Å². The lowest BCUT2D eigenvalue weighted by Crippen LogP contribution is -2.43. The molecule has 1 aromatic rings. The van der Waals surface area contributed by atoms with Crippen LogP contribution in [0.5, 0.6) is 0 Å². The highest BCUT2D eigenvalue weighted by Crippen LogP contribution is 2.30. The van der Waals surface area contributed by atoms with Gasteiger partial charge in [-0.05, 0) is 57.2 Å². The summed E-state index contributed by atoms with van der Waals surface area (Å²) in [5.74, 6) is 0.258. The van der Waals surface area contributed by atoms with E-state index >= 15 is 0 Å². The highest BCUT2D eigenvalue weighted by molar-refractivity contribution is 7.14. The zero-order chi connectivity index (χ0) is 13.2. The Labute approximate surface area is 119 Å². The fourth-order valence-electron chi connectivity index (χ4n) is 3.12. The van der Waals surface area contributed by atoms with Gasteiger partial charge < -0.3 is 10.2 Å². The normalized spacial score (nSPS) is 20.4. The van der Waals surface area contributed by atoms with Crippen LogP contribution in [0.25, 0.3) is 0 Å². The number of hydrogen-bond acceptors (Lipinski definition) is 3. The molecular weight excluding hydrogens is 256 g/mol. The number of hydrogen-bond donors (Lipinski definition) is 1. The summed E-state index contributed by atoms with van der Waals surface area (Å²) in [5, 5.41) is 3.31. The van der Waals surface area contributed by atoms with Gasteiger partial charge in [-0.3, -0.25) is 4.79 Å². The molecule has 1 amide bonds. The molecule has 0 aromatic carbocycles. The SMILES string of the molecule is CNC1CCN(C(=O)c2cc3c(s2)CCCC3)CC1. The van der Waals surface area contributed by atoms with E-state index in [1.54, 1.807) is 11.3 Å². The Morgan fingerprint density at radius 2 is 2.05 bits per heavy atom. The molecule has 1 saturated heterocycles. The molecule has 2 aliphatic rings. The first-order valence-corrected chi connectivity index (χ1v) is 8.17. The summed E-state index contributed by atoms with van der Waals surface area (Å²) in [6.07, 6.45) is 7.07. The average molecular weight is 278 g/mol. The number of thiophene rings is 1. The van der Waals surface area contributed by atoms with Crippen LogP contribution in [0.15, 0.2) is 6.07 Å². The molecule has 1 fully saturated rings. The zero-order valence-corrected chi connectivity index (χ0v) is 12.4. The topological polar surface area (TPSA) is 32.3 Å². The Morgan fingerprint density at radius 3 is 2.74 bits per heavy atom. The predicted molar refractivity (Wildman–Crippen MR) is 78.9 cm³/mol. The molecule has 1 N–H and O–H groups in total. The Hall–Kier alpha value is -0.870. The van der Waals surface area contributed by atoms with Crippen LogP contribution >= 0.6 is 11.3 Å². The summed E-state index contributed by atoms with van der Waals surface area (Å²) in [6, 6.07) is 2.74. The van der Waals surface area contributed by atoms with Gasteiger partial charge in [-0.25, -0.2) is 0 Å². The molecule has 1 aliphatic heterocycles. The van der Waals surface area contributed by atoms with Crippen molar-refractivity contribution in [2.75, 3.05) is 20.1 Å². The van der Waals surface area contributed by atoms with E-state index in [0.717, 1.165) is 30.8 Å². The van der Waals surface area contributed by atoms with Crippen LogP contribution in [0.4, 0.5) is 0 Å². The number of fused-ring (bicyclic) bond motifs is 1.